The maximum Gasteiger partial charge on any atom is 0.158 e. The zero-order chi connectivity index (χ0) is 13.9. The normalized spacial score (nSPS) is 19.4. The average Bonchev–Trinajstić information content (AvgIpc) is 2.65. The van der Waals surface area contributed by atoms with Crippen LogP contribution in [0.2, 0.25) is 0 Å². The van der Waals surface area contributed by atoms with E-state index in [1.165, 1.54) is 30.6 Å². The molecule has 0 unspecified atom stereocenters. The second kappa shape index (κ2) is 6.51. The van der Waals surface area contributed by atoms with Crippen molar-refractivity contribution in [2.75, 3.05) is 14.1 Å². The first-order valence-electron chi connectivity index (χ1n) is 6.98. The minimum Gasteiger partial charge on any atom is -0.297 e. The maximum absolute atomic E-state index is 12.8. The second-order valence-electron chi connectivity index (χ2n) is 5.67. The van der Waals surface area contributed by atoms with Gasteiger partial charge in [0.1, 0.15) is 0 Å². The summed E-state index contributed by atoms with van der Waals surface area (Å²) in [6.07, 6.45) is 7.52. The smallest absolute Gasteiger partial charge is 0.158 e. The molecule has 106 valence electrons. The van der Waals surface area contributed by atoms with E-state index in [0.717, 1.165) is 17.3 Å². The summed E-state index contributed by atoms with van der Waals surface area (Å²) in [4.78, 5) is 16.2. The number of Topliss-reactive ketones (excluding diaryl/α,β-unsaturated/α-hetero) is 1. The van der Waals surface area contributed by atoms with Crippen LogP contribution in [-0.2, 0) is 11.2 Å². The van der Waals surface area contributed by atoms with Gasteiger partial charge in [-0.25, -0.2) is 0 Å². The number of rotatable bonds is 4. The number of ketones is 1. The summed E-state index contributed by atoms with van der Waals surface area (Å²) in [6, 6.07) is 2.07. The molecule has 1 heterocycles. The Balaban J connectivity index is 2.15. The summed E-state index contributed by atoms with van der Waals surface area (Å²) < 4.78 is 1.08. The Morgan fingerprint density at radius 3 is 2.42 bits per heavy atom. The zero-order valence-electron chi connectivity index (χ0n) is 11.7. The summed E-state index contributed by atoms with van der Waals surface area (Å²) in [5.41, 5.74) is -0.229. The Hall–Kier alpha value is -0.190. The van der Waals surface area contributed by atoms with Crippen LogP contribution >= 0.6 is 27.3 Å². The fourth-order valence-electron chi connectivity index (χ4n) is 3.06. The van der Waals surface area contributed by atoms with Crippen LogP contribution in [0.3, 0.4) is 0 Å². The molecule has 0 spiro atoms. The molecule has 0 aromatic carbocycles. The predicted octanol–water partition coefficient (Wildman–Crippen LogP) is 4.28. The summed E-state index contributed by atoms with van der Waals surface area (Å²) in [7, 11) is 4.13. The van der Waals surface area contributed by atoms with Gasteiger partial charge in [-0.3, -0.25) is 9.69 Å². The van der Waals surface area contributed by atoms with Gasteiger partial charge in [-0.2, -0.15) is 0 Å². The summed E-state index contributed by atoms with van der Waals surface area (Å²) in [6.45, 7) is 0. The van der Waals surface area contributed by atoms with Gasteiger partial charge in [-0.05, 0) is 48.9 Å². The maximum atomic E-state index is 12.8. The third-order valence-corrected chi connectivity index (χ3v) is 5.96. The van der Waals surface area contributed by atoms with Crippen LogP contribution in [0.4, 0.5) is 0 Å². The highest BCUT2D eigenvalue weighted by atomic mass is 79.9. The molecule has 2 nitrogen and oxygen atoms in total. The van der Waals surface area contributed by atoms with Gasteiger partial charge >= 0.3 is 0 Å². The molecule has 0 aliphatic heterocycles. The monoisotopic (exact) mass is 343 g/mol. The second-order valence-corrected chi connectivity index (χ2v) is 7.58. The highest BCUT2D eigenvalue weighted by Crippen LogP contribution is 2.33. The van der Waals surface area contributed by atoms with Crippen molar-refractivity contribution in [2.24, 2.45) is 0 Å². The van der Waals surface area contributed by atoms with Gasteiger partial charge in [0.25, 0.3) is 0 Å². The van der Waals surface area contributed by atoms with Crippen LogP contribution in [0.5, 0.6) is 0 Å². The fourth-order valence-corrected chi connectivity index (χ4v) is 4.51. The topological polar surface area (TPSA) is 20.3 Å². The Kier molecular flexibility index (Phi) is 5.21. The molecular formula is C15H22BrNOS. The highest BCUT2D eigenvalue weighted by Gasteiger charge is 2.39. The Bertz CT molecular complexity index is 433. The van der Waals surface area contributed by atoms with Crippen LogP contribution < -0.4 is 0 Å². The molecule has 4 heteroatoms. The fraction of sp³-hybridized carbons (Fsp3) is 0.667. The number of nitrogens with zero attached hydrogens (tertiary/aromatic N) is 1. The lowest BCUT2D eigenvalue weighted by molar-refractivity contribution is -0.130. The van der Waals surface area contributed by atoms with Crippen molar-refractivity contribution in [3.63, 3.8) is 0 Å². The molecule has 2 rings (SSSR count). The number of hydrogen-bond acceptors (Lipinski definition) is 3. The van der Waals surface area contributed by atoms with E-state index in [-0.39, 0.29) is 5.54 Å². The molecule has 19 heavy (non-hydrogen) atoms. The van der Waals surface area contributed by atoms with Crippen LogP contribution in [0.15, 0.2) is 15.9 Å². The van der Waals surface area contributed by atoms with E-state index >= 15 is 0 Å². The molecule has 1 fully saturated rings. The van der Waals surface area contributed by atoms with Gasteiger partial charge in [0.15, 0.2) is 5.78 Å². The molecule has 0 atom stereocenters. The first-order valence-corrected chi connectivity index (χ1v) is 8.65. The van der Waals surface area contributed by atoms with E-state index in [0.29, 0.717) is 12.2 Å². The zero-order valence-corrected chi connectivity index (χ0v) is 14.1. The molecule has 0 radical (unpaired) electrons. The third kappa shape index (κ3) is 3.47. The first kappa shape index (κ1) is 15.2. The Morgan fingerprint density at radius 2 is 1.95 bits per heavy atom. The van der Waals surface area contributed by atoms with Gasteiger partial charge in [0.05, 0.1) is 5.54 Å². The quantitative estimate of drug-likeness (QED) is 0.760. The molecule has 0 N–H and O–H groups in total. The number of halogens is 1. The molecule has 1 aromatic rings. The molecule has 1 saturated carbocycles. The van der Waals surface area contributed by atoms with Gasteiger partial charge < -0.3 is 0 Å². The number of likely N-dealkylation sites (N-methyl/N-ethyl adjacent to an activating group) is 1. The largest absolute Gasteiger partial charge is 0.297 e. The molecule has 0 saturated heterocycles. The van der Waals surface area contributed by atoms with Crippen molar-refractivity contribution < 1.29 is 4.79 Å². The van der Waals surface area contributed by atoms with E-state index in [1.807, 2.05) is 0 Å². The van der Waals surface area contributed by atoms with Crippen molar-refractivity contribution in [3.8, 4) is 0 Å². The van der Waals surface area contributed by atoms with Gasteiger partial charge in [-0.15, -0.1) is 11.3 Å². The third-order valence-electron chi connectivity index (χ3n) is 4.26. The summed E-state index contributed by atoms with van der Waals surface area (Å²) >= 11 is 5.13. The van der Waals surface area contributed by atoms with Gasteiger partial charge in [0.2, 0.25) is 0 Å². The van der Waals surface area contributed by atoms with E-state index in [1.54, 1.807) is 11.3 Å². The van der Waals surface area contributed by atoms with Crippen molar-refractivity contribution in [1.29, 1.82) is 0 Å². The van der Waals surface area contributed by atoms with E-state index in [4.69, 9.17) is 0 Å². The van der Waals surface area contributed by atoms with Crippen molar-refractivity contribution in [3.05, 3.63) is 20.8 Å². The number of carbonyl (C=O) groups excluding carboxylic acids is 1. The first-order chi connectivity index (χ1) is 9.04. The predicted molar refractivity (Wildman–Crippen MR) is 84.9 cm³/mol. The van der Waals surface area contributed by atoms with Crippen LogP contribution in [0.25, 0.3) is 0 Å². The number of carbonyl (C=O) groups is 1. The van der Waals surface area contributed by atoms with E-state index in [2.05, 4.69) is 46.4 Å². The molecule has 1 aliphatic carbocycles. The van der Waals surface area contributed by atoms with Crippen LogP contribution in [-0.4, -0.2) is 30.3 Å². The summed E-state index contributed by atoms with van der Waals surface area (Å²) in [5.74, 6) is 0.397. The standard InChI is InChI=1S/C15H22BrNOS/c1-17(2)15(7-5-3-4-6-8-15)14(18)10-13-9-12(16)11-19-13/h9,11H,3-8,10H2,1-2H3. The molecule has 1 aliphatic rings. The van der Waals surface area contributed by atoms with Crippen LogP contribution in [0, 0.1) is 0 Å². The lowest BCUT2D eigenvalue weighted by atomic mass is 9.83. The molecular weight excluding hydrogens is 322 g/mol. The van der Waals surface area contributed by atoms with Crippen LogP contribution in [0.1, 0.15) is 43.4 Å². The van der Waals surface area contributed by atoms with Gasteiger partial charge in [0, 0.05) is 21.2 Å². The minimum atomic E-state index is -0.229. The highest BCUT2D eigenvalue weighted by molar-refractivity contribution is 9.10. The van der Waals surface area contributed by atoms with E-state index in [9.17, 15) is 4.79 Å². The van der Waals surface area contributed by atoms with Crippen molar-refractivity contribution in [2.45, 2.75) is 50.5 Å². The van der Waals surface area contributed by atoms with Crippen molar-refractivity contribution in [1.82, 2.24) is 4.90 Å². The van der Waals surface area contributed by atoms with E-state index < -0.39 is 0 Å². The Morgan fingerprint density at radius 1 is 1.32 bits per heavy atom. The average molecular weight is 344 g/mol. The van der Waals surface area contributed by atoms with Crippen molar-refractivity contribution >= 4 is 33.0 Å². The lowest BCUT2D eigenvalue weighted by Gasteiger charge is -2.38. The Labute approximate surface area is 128 Å². The SMILES string of the molecule is CN(C)C1(C(=O)Cc2cc(Br)cs2)CCCCCC1. The molecule has 0 bridgehead atoms. The number of thiophene rings is 1. The number of hydrogen-bond donors (Lipinski definition) is 0. The minimum absolute atomic E-state index is 0.229. The lowest BCUT2D eigenvalue weighted by Crippen LogP contribution is -2.51. The molecule has 0 amide bonds. The van der Waals surface area contributed by atoms with Gasteiger partial charge in [-0.1, -0.05) is 25.7 Å². The molecule has 1 aromatic heterocycles. The summed E-state index contributed by atoms with van der Waals surface area (Å²) in [5, 5.41) is 2.05.